The lowest BCUT2D eigenvalue weighted by Gasteiger charge is -2.40. The third-order valence-corrected chi connectivity index (χ3v) is 17.8. The summed E-state index contributed by atoms with van der Waals surface area (Å²) < 4.78 is 11.3. The molecule has 1 rings (SSSR count). The zero-order valence-corrected chi connectivity index (χ0v) is 59.5. The molecule has 0 aromatic carbocycles. The maximum atomic E-state index is 13.2. The molecule has 1 amide bonds. The second-order valence-electron chi connectivity index (χ2n) is 26.4. The van der Waals surface area contributed by atoms with Gasteiger partial charge in [0, 0.05) is 6.42 Å². The Balaban J connectivity index is 2.13. The van der Waals surface area contributed by atoms with E-state index in [0.717, 1.165) is 89.9 Å². The highest BCUT2D eigenvalue weighted by molar-refractivity contribution is 5.76. The number of unbranched alkanes of at least 4 members (excludes halogenated alkanes) is 39. The van der Waals surface area contributed by atoms with Crippen molar-refractivity contribution in [1.82, 2.24) is 5.32 Å². The van der Waals surface area contributed by atoms with Crippen molar-refractivity contribution in [2.24, 2.45) is 0 Å². The summed E-state index contributed by atoms with van der Waals surface area (Å²) in [5, 5.41) is 54.9. The van der Waals surface area contributed by atoms with Gasteiger partial charge < -0.3 is 40.3 Å². The fraction of sp³-hybridized carbons (Fsp3) is 0.747. The number of rotatable bonds is 67. The molecule has 9 nitrogen and oxygen atoms in total. The van der Waals surface area contributed by atoms with E-state index in [1.54, 1.807) is 6.08 Å². The Bertz CT molecular complexity index is 1880. The minimum atomic E-state index is -1.58. The van der Waals surface area contributed by atoms with Crippen LogP contribution in [0.2, 0.25) is 0 Å². The highest BCUT2D eigenvalue weighted by Gasteiger charge is 2.44. The maximum Gasteiger partial charge on any atom is 0.220 e. The van der Waals surface area contributed by atoms with Gasteiger partial charge >= 0.3 is 0 Å². The topological polar surface area (TPSA) is 149 Å². The van der Waals surface area contributed by atoms with E-state index in [2.05, 4.69) is 129 Å². The van der Waals surface area contributed by atoms with Gasteiger partial charge in [-0.2, -0.15) is 0 Å². The largest absolute Gasteiger partial charge is 0.394 e. The van der Waals surface area contributed by atoms with E-state index in [4.69, 9.17) is 9.47 Å². The summed E-state index contributed by atoms with van der Waals surface area (Å²) in [4.78, 5) is 13.2. The number of aliphatic hydroxyl groups excluding tert-OH is 5. The average molecular weight is 1290 g/mol. The number of hydrogen-bond acceptors (Lipinski definition) is 8. The van der Waals surface area contributed by atoms with Gasteiger partial charge in [0.1, 0.15) is 24.4 Å². The van der Waals surface area contributed by atoms with E-state index in [1.807, 2.05) is 6.08 Å². The van der Waals surface area contributed by atoms with Gasteiger partial charge in [-0.25, -0.2) is 0 Å². The SMILES string of the molecule is CC/C=C\C/C=C\C/C=C\C/C=C\C/C=C\C/C=C\C/C=C\C/C=C\CCCCCCCCCCCCCCC(=O)NC(COC1OC(CO)C(O)C(O)C1O)C(O)/C=C/CC/C=C/CCCCCCCCCCCCCCCCCCCCCCCCCCCC. The Morgan fingerprint density at radius 1 is 0.380 bits per heavy atom. The number of hydrogen-bond donors (Lipinski definition) is 6. The number of nitrogens with one attached hydrogen (secondary N) is 1. The van der Waals surface area contributed by atoms with Crippen LogP contribution in [0.4, 0.5) is 0 Å². The van der Waals surface area contributed by atoms with Crippen LogP contribution < -0.4 is 5.32 Å². The first kappa shape index (κ1) is 86.6. The number of allylic oxidation sites excluding steroid dienone is 19. The zero-order chi connectivity index (χ0) is 66.4. The number of amides is 1. The summed E-state index contributed by atoms with van der Waals surface area (Å²) in [7, 11) is 0. The molecule has 0 aliphatic carbocycles. The molecule has 7 unspecified atom stereocenters. The molecule has 1 aliphatic heterocycles. The van der Waals surface area contributed by atoms with E-state index in [-0.39, 0.29) is 12.5 Å². The Morgan fingerprint density at radius 2 is 0.685 bits per heavy atom. The van der Waals surface area contributed by atoms with Gasteiger partial charge in [0.25, 0.3) is 0 Å². The molecule has 6 N–H and O–H groups in total. The molecule has 0 bridgehead atoms. The first-order valence-electron chi connectivity index (χ1n) is 38.8. The molecule has 1 saturated heterocycles. The summed E-state index contributed by atoms with van der Waals surface area (Å²) in [6, 6.07) is -0.833. The van der Waals surface area contributed by atoms with Gasteiger partial charge in [0.05, 0.1) is 25.4 Å². The van der Waals surface area contributed by atoms with Gasteiger partial charge in [0.2, 0.25) is 5.91 Å². The minimum absolute atomic E-state index is 0.189. The van der Waals surface area contributed by atoms with E-state index >= 15 is 0 Å². The van der Waals surface area contributed by atoms with Crippen molar-refractivity contribution in [3.05, 3.63) is 122 Å². The molecule has 0 saturated carbocycles. The van der Waals surface area contributed by atoms with Crippen molar-refractivity contribution in [1.29, 1.82) is 0 Å². The third-order valence-electron chi connectivity index (χ3n) is 17.8. The molecular weight excluding hydrogens is 1140 g/mol. The first-order valence-corrected chi connectivity index (χ1v) is 38.8. The van der Waals surface area contributed by atoms with Gasteiger partial charge in [-0.15, -0.1) is 0 Å². The van der Waals surface area contributed by atoms with Gasteiger partial charge in [0.15, 0.2) is 6.29 Å². The van der Waals surface area contributed by atoms with Gasteiger partial charge in [-0.3, -0.25) is 4.79 Å². The fourth-order valence-electron chi connectivity index (χ4n) is 11.8. The van der Waals surface area contributed by atoms with Gasteiger partial charge in [-0.1, -0.05) is 360 Å². The first-order chi connectivity index (χ1) is 45.3. The van der Waals surface area contributed by atoms with Crippen LogP contribution in [0.3, 0.4) is 0 Å². The summed E-state index contributed by atoms with van der Waals surface area (Å²) >= 11 is 0. The highest BCUT2D eigenvalue weighted by Crippen LogP contribution is 2.23. The van der Waals surface area contributed by atoms with Crippen LogP contribution in [0.5, 0.6) is 0 Å². The number of carbonyl (C=O) groups excluding carboxylic acids is 1. The van der Waals surface area contributed by atoms with Crippen LogP contribution in [-0.4, -0.2) is 87.5 Å². The summed E-state index contributed by atoms with van der Waals surface area (Å²) in [6.45, 7) is 3.68. The third kappa shape index (κ3) is 58.0. The molecule has 1 heterocycles. The monoisotopic (exact) mass is 1280 g/mol. The molecule has 0 aromatic rings. The Labute approximate surface area is 567 Å². The Kier molecular flexibility index (Phi) is 66.3. The van der Waals surface area contributed by atoms with E-state index in [1.165, 1.54) is 231 Å². The van der Waals surface area contributed by atoms with Gasteiger partial charge in [-0.05, 0) is 96.3 Å². The fourth-order valence-corrected chi connectivity index (χ4v) is 11.8. The smallest absolute Gasteiger partial charge is 0.220 e. The molecule has 0 spiro atoms. The summed E-state index contributed by atoms with van der Waals surface area (Å²) in [5.74, 6) is -0.189. The van der Waals surface area contributed by atoms with Crippen molar-refractivity contribution in [2.75, 3.05) is 13.2 Å². The molecule has 0 radical (unpaired) electrons. The standard InChI is InChI=1S/C83H145NO8/c1-3-5-7-9-11-13-15-17-19-21-23-25-27-29-31-33-35-37-38-39-40-41-43-45-47-49-51-53-55-57-59-61-63-65-67-69-71-73-79(87)84-76(75-91-83-82(90)81(89)80(88)78(74-85)92-83)77(86)72-70-68-66-64-62-60-58-56-54-52-50-48-46-44-42-36-34-32-30-28-26-24-22-20-18-16-14-12-10-8-6-4-2/h5,7,11,13,17,19,23,25,29,31,35,37,39-40,43,45,62,64,70,72,76-78,80-83,85-86,88-90H,3-4,6,8-10,12,14-16,18,20-22,24,26-28,30,32-34,36,38,41-42,44,46-61,63,65-69,71,73-75H2,1-2H3,(H,84,87)/b7-5-,13-11-,19-17-,25-23-,31-29-,37-35-,40-39-,45-43-,64-62+,72-70+. The number of aliphatic hydroxyl groups is 5. The second-order valence-corrected chi connectivity index (χ2v) is 26.4. The predicted octanol–water partition coefficient (Wildman–Crippen LogP) is 22.1. The van der Waals surface area contributed by atoms with Crippen molar-refractivity contribution < 1.29 is 39.8 Å². The number of carbonyl (C=O) groups is 1. The molecule has 9 heteroatoms. The average Bonchev–Trinajstić information content (AvgIpc) is 1.00. The molecule has 1 fully saturated rings. The zero-order valence-electron chi connectivity index (χ0n) is 59.5. The predicted molar refractivity (Wildman–Crippen MR) is 396 cm³/mol. The number of ether oxygens (including phenoxy) is 2. The van der Waals surface area contributed by atoms with Crippen LogP contribution >= 0.6 is 0 Å². The van der Waals surface area contributed by atoms with E-state index < -0.39 is 49.5 Å². The van der Waals surface area contributed by atoms with Crippen LogP contribution in [0.15, 0.2) is 122 Å². The van der Waals surface area contributed by atoms with Crippen molar-refractivity contribution in [3.8, 4) is 0 Å². The Hall–Kier alpha value is -3.41. The minimum Gasteiger partial charge on any atom is -0.394 e. The van der Waals surface area contributed by atoms with Crippen molar-refractivity contribution in [3.63, 3.8) is 0 Å². The lowest BCUT2D eigenvalue weighted by Crippen LogP contribution is -2.60. The molecule has 92 heavy (non-hydrogen) atoms. The Morgan fingerprint density at radius 3 is 1.04 bits per heavy atom. The molecule has 1 aliphatic rings. The molecule has 0 aromatic heterocycles. The quantitative estimate of drug-likeness (QED) is 0.0261. The summed E-state index contributed by atoms with van der Waals surface area (Å²) in [5.41, 5.74) is 0. The normalized spacial score (nSPS) is 18.4. The second kappa shape index (κ2) is 70.4. The van der Waals surface area contributed by atoms with Crippen molar-refractivity contribution in [2.45, 2.75) is 384 Å². The molecule has 7 atom stereocenters. The molecular formula is C83H145NO8. The van der Waals surface area contributed by atoms with E-state index in [0.29, 0.717) is 6.42 Å². The molecule has 530 valence electrons. The summed E-state index contributed by atoms with van der Waals surface area (Å²) in [6.07, 6.45) is 99.0. The van der Waals surface area contributed by atoms with Crippen LogP contribution in [0, 0.1) is 0 Å². The van der Waals surface area contributed by atoms with Crippen molar-refractivity contribution >= 4 is 5.91 Å². The lowest BCUT2D eigenvalue weighted by molar-refractivity contribution is -0.302. The lowest BCUT2D eigenvalue weighted by atomic mass is 9.99. The van der Waals surface area contributed by atoms with Crippen LogP contribution in [-0.2, 0) is 14.3 Å². The van der Waals surface area contributed by atoms with Crippen LogP contribution in [0.1, 0.15) is 341 Å². The van der Waals surface area contributed by atoms with Crippen LogP contribution in [0.25, 0.3) is 0 Å². The highest BCUT2D eigenvalue weighted by atomic mass is 16.7. The van der Waals surface area contributed by atoms with E-state index in [9.17, 15) is 30.3 Å². The maximum absolute atomic E-state index is 13.2.